The molecular formula is C13H12O6. The van der Waals surface area contributed by atoms with Gasteiger partial charge in [-0.3, -0.25) is 0 Å². The molecule has 1 heterocycles. The van der Waals surface area contributed by atoms with Gasteiger partial charge >= 0.3 is 5.63 Å². The summed E-state index contributed by atoms with van der Waals surface area (Å²) in [5.41, 5.74) is -0.364. The largest absolute Gasteiger partial charge is 0.508 e. The van der Waals surface area contributed by atoms with E-state index >= 15 is 0 Å². The van der Waals surface area contributed by atoms with Crippen LogP contribution in [0.5, 0.6) is 17.2 Å². The molecule has 0 aliphatic heterocycles. The smallest absolute Gasteiger partial charge is 0.339 e. The minimum atomic E-state index is -1.04. The summed E-state index contributed by atoms with van der Waals surface area (Å²) in [6.45, 7) is 0. The predicted octanol–water partition coefficient (Wildman–Crippen LogP) is 1.03. The third kappa shape index (κ3) is 3.05. The molecule has 0 bridgehead atoms. The lowest BCUT2D eigenvalue weighted by Gasteiger charge is -2.11. The highest BCUT2D eigenvalue weighted by Crippen LogP contribution is 2.29. The maximum Gasteiger partial charge on any atom is 0.339 e. The van der Waals surface area contributed by atoms with Gasteiger partial charge in [0.05, 0.1) is 12.2 Å². The zero-order valence-electron chi connectivity index (χ0n) is 9.78. The summed E-state index contributed by atoms with van der Waals surface area (Å²) in [5.74, 6) is -0.772. The van der Waals surface area contributed by atoms with E-state index in [0.29, 0.717) is 5.56 Å². The Hall–Kier alpha value is -2.47. The number of rotatable bonds is 3. The Morgan fingerprint density at radius 3 is 2.42 bits per heavy atom. The molecule has 0 aliphatic carbocycles. The first-order valence-corrected chi connectivity index (χ1v) is 5.48. The van der Waals surface area contributed by atoms with Crippen molar-refractivity contribution in [3.8, 4) is 17.2 Å². The third-order valence-corrected chi connectivity index (χ3v) is 2.59. The molecule has 0 saturated heterocycles. The Morgan fingerprint density at radius 1 is 1.05 bits per heavy atom. The predicted molar refractivity (Wildman–Crippen MR) is 65.1 cm³/mol. The molecule has 100 valence electrons. The van der Waals surface area contributed by atoms with Crippen LogP contribution in [0.3, 0.4) is 0 Å². The summed E-state index contributed by atoms with van der Waals surface area (Å²) in [6.07, 6.45) is -1.09. The first-order chi connectivity index (χ1) is 8.95. The Kier molecular flexibility index (Phi) is 3.43. The van der Waals surface area contributed by atoms with E-state index in [-0.39, 0.29) is 29.4 Å². The van der Waals surface area contributed by atoms with Crippen LogP contribution in [0.2, 0.25) is 0 Å². The van der Waals surface area contributed by atoms with Gasteiger partial charge in [0.2, 0.25) is 0 Å². The van der Waals surface area contributed by atoms with Crippen LogP contribution in [0, 0.1) is 0 Å². The highest BCUT2D eigenvalue weighted by Gasteiger charge is 2.13. The molecule has 6 heteroatoms. The third-order valence-electron chi connectivity index (χ3n) is 2.59. The number of benzene rings is 1. The Balaban J connectivity index is 2.22. The molecule has 0 aliphatic rings. The number of aliphatic hydroxyl groups is 1. The van der Waals surface area contributed by atoms with E-state index in [1.54, 1.807) is 0 Å². The van der Waals surface area contributed by atoms with Gasteiger partial charge in [-0.1, -0.05) is 6.07 Å². The molecule has 1 aromatic heterocycles. The van der Waals surface area contributed by atoms with E-state index in [2.05, 4.69) is 0 Å². The van der Waals surface area contributed by atoms with Crippen LogP contribution in [-0.2, 0) is 6.42 Å². The lowest BCUT2D eigenvalue weighted by molar-refractivity contribution is 0.168. The average Bonchev–Trinajstić information content (AvgIpc) is 2.31. The van der Waals surface area contributed by atoms with Gasteiger partial charge in [0, 0.05) is 12.5 Å². The SMILES string of the molecule is O=c1cc(O)cc(CC(O)c2ccc(O)c(O)c2)o1. The van der Waals surface area contributed by atoms with Crippen LogP contribution in [0.4, 0.5) is 0 Å². The lowest BCUT2D eigenvalue weighted by atomic mass is 10.0. The topological polar surface area (TPSA) is 111 Å². The first kappa shape index (κ1) is 13.0. The maximum atomic E-state index is 11.0. The van der Waals surface area contributed by atoms with Crippen LogP contribution < -0.4 is 5.63 Å². The van der Waals surface area contributed by atoms with Gasteiger partial charge in [0.1, 0.15) is 11.5 Å². The van der Waals surface area contributed by atoms with Crippen LogP contribution in [-0.4, -0.2) is 20.4 Å². The summed E-state index contributed by atoms with van der Waals surface area (Å²) in [5, 5.41) is 37.7. The number of hydrogen-bond acceptors (Lipinski definition) is 6. The summed E-state index contributed by atoms with van der Waals surface area (Å²) in [6, 6.07) is 6.03. The molecule has 19 heavy (non-hydrogen) atoms. The van der Waals surface area contributed by atoms with Gasteiger partial charge in [-0.25, -0.2) is 4.79 Å². The monoisotopic (exact) mass is 264 g/mol. The maximum absolute atomic E-state index is 11.0. The van der Waals surface area contributed by atoms with Crippen molar-refractivity contribution in [3.63, 3.8) is 0 Å². The van der Waals surface area contributed by atoms with Crippen molar-refractivity contribution in [2.24, 2.45) is 0 Å². The minimum Gasteiger partial charge on any atom is -0.508 e. The number of aromatic hydroxyl groups is 3. The average molecular weight is 264 g/mol. The van der Waals surface area contributed by atoms with E-state index in [1.165, 1.54) is 24.3 Å². The fraction of sp³-hybridized carbons (Fsp3) is 0.154. The summed E-state index contributed by atoms with van der Waals surface area (Å²) in [7, 11) is 0. The molecule has 0 spiro atoms. The highest BCUT2D eigenvalue weighted by atomic mass is 16.4. The van der Waals surface area contributed by atoms with Gasteiger partial charge in [-0.05, 0) is 17.7 Å². The zero-order chi connectivity index (χ0) is 14.0. The first-order valence-electron chi connectivity index (χ1n) is 5.48. The van der Waals surface area contributed by atoms with Crippen molar-refractivity contribution < 1.29 is 24.8 Å². The van der Waals surface area contributed by atoms with Crippen molar-refractivity contribution in [3.05, 3.63) is 52.1 Å². The van der Waals surface area contributed by atoms with Crippen LogP contribution in [0.25, 0.3) is 0 Å². The van der Waals surface area contributed by atoms with E-state index in [9.17, 15) is 20.1 Å². The molecule has 2 rings (SSSR count). The van der Waals surface area contributed by atoms with Crippen molar-refractivity contribution in [2.45, 2.75) is 12.5 Å². The van der Waals surface area contributed by atoms with Crippen molar-refractivity contribution in [1.82, 2.24) is 0 Å². The van der Waals surface area contributed by atoms with Crippen molar-refractivity contribution >= 4 is 0 Å². The standard InChI is InChI=1S/C13H12O6/c14-8-4-9(19-13(18)5-8)6-11(16)7-1-2-10(15)12(17)3-7/h1-5,11,14-17H,6H2. The fourth-order valence-electron chi connectivity index (χ4n) is 1.67. The molecule has 0 radical (unpaired) electrons. The Morgan fingerprint density at radius 2 is 1.79 bits per heavy atom. The molecule has 2 aromatic rings. The van der Waals surface area contributed by atoms with E-state index in [1.807, 2.05) is 0 Å². The van der Waals surface area contributed by atoms with Gasteiger partial charge in [0.25, 0.3) is 0 Å². The second-order valence-corrected chi connectivity index (χ2v) is 4.07. The summed E-state index contributed by atoms with van der Waals surface area (Å²) in [4.78, 5) is 11.0. The molecule has 0 saturated carbocycles. The minimum absolute atomic E-state index is 0.0478. The van der Waals surface area contributed by atoms with Crippen LogP contribution in [0.15, 0.2) is 39.5 Å². The molecule has 1 unspecified atom stereocenters. The van der Waals surface area contributed by atoms with Crippen LogP contribution >= 0.6 is 0 Å². The number of aliphatic hydroxyl groups excluding tert-OH is 1. The van der Waals surface area contributed by atoms with Gasteiger partial charge < -0.3 is 24.8 Å². The highest BCUT2D eigenvalue weighted by molar-refractivity contribution is 5.41. The molecule has 6 nitrogen and oxygen atoms in total. The zero-order valence-corrected chi connectivity index (χ0v) is 9.78. The second kappa shape index (κ2) is 5.03. The van der Waals surface area contributed by atoms with E-state index in [4.69, 9.17) is 9.52 Å². The van der Waals surface area contributed by atoms with Crippen LogP contribution in [0.1, 0.15) is 17.4 Å². The van der Waals surface area contributed by atoms with Crippen molar-refractivity contribution in [1.29, 1.82) is 0 Å². The number of phenolic OH excluding ortho intramolecular Hbond substituents is 2. The molecule has 1 aromatic carbocycles. The lowest BCUT2D eigenvalue weighted by Crippen LogP contribution is -2.05. The normalized spacial score (nSPS) is 12.3. The number of hydrogen-bond donors (Lipinski definition) is 4. The quantitative estimate of drug-likeness (QED) is 0.616. The van der Waals surface area contributed by atoms with E-state index < -0.39 is 11.7 Å². The fourth-order valence-corrected chi connectivity index (χ4v) is 1.67. The summed E-state index contributed by atoms with van der Waals surface area (Å²) >= 11 is 0. The van der Waals surface area contributed by atoms with E-state index in [0.717, 1.165) is 6.07 Å². The molecule has 4 N–H and O–H groups in total. The molecular weight excluding hydrogens is 252 g/mol. The van der Waals surface area contributed by atoms with Gasteiger partial charge in [0.15, 0.2) is 11.5 Å². The van der Waals surface area contributed by atoms with Gasteiger partial charge in [-0.2, -0.15) is 0 Å². The Labute approximate surface area is 107 Å². The van der Waals surface area contributed by atoms with Gasteiger partial charge in [-0.15, -0.1) is 0 Å². The number of phenols is 2. The molecule has 1 atom stereocenters. The summed E-state index contributed by atoms with van der Waals surface area (Å²) < 4.78 is 4.82. The molecule has 0 amide bonds. The van der Waals surface area contributed by atoms with Crippen molar-refractivity contribution in [2.75, 3.05) is 0 Å². The molecule has 0 fully saturated rings. The Bertz CT molecular complexity index is 646. The second-order valence-electron chi connectivity index (χ2n) is 4.07.